The van der Waals surface area contributed by atoms with Gasteiger partial charge in [-0.05, 0) is 57.5 Å². The number of hydrogen-bond donors (Lipinski definition) is 2. The van der Waals surface area contributed by atoms with E-state index in [1.54, 1.807) is 0 Å². The van der Waals surface area contributed by atoms with Crippen LogP contribution in [0.1, 0.15) is 44.7 Å². The van der Waals surface area contributed by atoms with Crippen LogP contribution in [0.5, 0.6) is 0 Å². The highest BCUT2D eigenvalue weighted by Gasteiger charge is 2.36. The summed E-state index contributed by atoms with van der Waals surface area (Å²) in [6.45, 7) is 6.69. The second-order valence-electron chi connectivity index (χ2n) is 5.97. The largest absolute Gasteiger partial charge is 0.296 e. The van der Waals surface area contributed by atoms with Crippen LogP contribution in [-0.4, -0.2) is 23.5 Å². The van der Waals surface area contributed by atoms with Crippen molar-refractivity contribution in [3.8, 4) is 0 Å². The van der Waals surface area contributed by atoms with Gasteiger partial charge < -0.3 is 0 Å². The molecule has 2 rings (SSSR count). The standard InChI is InChI=1S/C15H23Cl2N3/c1-15(2,20-8-4-3-5-9-20)14(19-18)11-6-7-12(16)13(17)10-11/h6-7,10,14,19H,3-5,8-9,18H2,1-2H3. The fraction of sp³-hybridized carbons (Fsp3) is 0.600. The molecule has 5 heteroatoms. The molecule has 0 aliphatic carbocycles. The highest BCUT2D eigenvalue weighted by atomic mass is 35.5. The number of nitrogens with two attached hydrogens (primary N) is 1. The van der Waals surface area contributed by atoms with E-state index in [4.69, 9.17) is 29.0 Å². The minimum atomic E-state index is -0.0771. The summed E-state index contributed by atoms with van der Waals surface area (Å²) in [6, 6.07) is 5.73. The maximum atomic E-state index is 6.14. The Kier molecular flexibility index (Phi) is 5.32. The van der Waals surface area contributed by atoms with E-state index in [1.165, 1.54) is 19.3 Å². The normalized spacial score (nSPS) is 19.1. The van der Waals surface area contributed by atoms with Crippen LogP contribution in [-0.2, 0) is 0 Å². The van der Waals surface area contributed by atoms with Crippen molar-refractivity contribution in [3.63, 3.8) is 0 Å². The average Bonchev–Trinajstić information content (AvgIpc) is 2.44. The van der Waals surface area contributed by atoms with Crippen molar-refractivity contribution in [3.05, 3.63) is 33.8 Å². The maximum absolute atomic E-state index is 6.14. The second kappa shape index (κ2) is 6.63. The third-order valence-electron chi connectivity index (χ3n) is 4.32. The van der Waals surface area contributed by atoms with E-state index in [0.717, 1.165) is 18.7 Å². The van der Waals surface area contributed by atoms with Gasteiger partial charge in [0.1, 0.15) is 0 Å². The van der Waals surface area contributed by atoms with Gasteiger partial charge in [-0.3, -0.25) is 16.2 Å². The first kappa shape index (κ1) is 16.1. The summed E-state index contributed by atoms with van der Waals surface area (Å²) in [5.74, 6) is 5.83. The molecule has 3 nitrogen and oxygen atoms in total. The zero-order valence-corrected chi connectivity index (χ0v) is 13.6. The van der Waals surface area contributed by atoms with Gasteiger partial charge in [0.15, 0.2) is 0 Å². The molecule has 1 atom stereocenters. The molecule has 1 saturated heterocycles. The molecule has 0 aromatic heterocycles. The van der Waals surface area contributed by atoms with Crippen molar-refractivity contribution in [2.45, 2.75) is 44.7 Å². The Bertz CT molecular complexity index is 456. The zero-order valence-electron chi connectivity index (χ0n) is 12.1. The fourth-order valence-corrected chi connectivity index (χ4v) is 3.36. The van der Waals surface area contributed by atoms with Crippen LogP contribution in [0.3, 0.4) is 0 Å². The van der Waals surface area contributed by atoms with Gasteiger partial charge in [-0.1, -0.05) is 35.7 Å². The molecule has 3 N–H and O–H groups in total. The highest BCUT2D eigenvalue weighted by molar-refractivity contribution is 6.42. The van der Waals surface area contributed by atoms with Gasteiger partial charge in [0.2, 0.25) is 0 Å². The van der Waals surface area contributed by atoms with Crippen molar-refractivity contribution in [2.75, 3.05) is 13.1 Å². The average molecular weight is 316 g/mol. The Labute approximate surface area is 131 Å². The van der Waals surface area contributed by atoms with Crippen molar-refractivity contribution in [1.29, 1.82) is 0 Å². The van der Waals surface area contributed by atoms with Crippen LogP contribution in [0.15, 0.2) is 18.2 Å². The van der Waals surface area contributed by atoms with Crippen molar-refractivity contribution < 1.29 is 0 Å². The number of hydrogen-bond acceptors (Lipinski definition) is 3. The zero-order chi connectivity index (χ0) is 14.8. The molecular weight excluding hydrogens is 293 g/mol. The van der Waals surface area contributed by atoms with Crippen LogP contribution >= 0.6 is 23.2 Å². The van der Waals surface area contributed by atoms with E-state index in [0.29, 0.717) is 10.0 Å². The highest BCUT2D eigenvalue weighted by Crippen LogP contribution is 2.35. The quantitative estimate of drug-likeness (QED) is 0.656. The number of likely N-dealkylation sites (tertiary alicyclic amines) is 1. The summed E-state index contributed by atoms with van der Waals surface area (Å²) in [6.07, 6.45) is 3.82. The van der Waals surface area contributed by atoms with Crippen LogP contribution in [0, 0.1) is 0 Å². The minimum absolute atomic E-state index is 0.00960. The molecule has 1 aromatic carbocycles. The monoisotopic (exact) mass is 315 g/mol. The van der Waals surface area contributed by atoms with Crippen LogP contribution in [0.2, 0.25) is 10.0 Å². The van der Waals surface area contributed by atoms with Gasteiger partial charge in [-0.15, -0.1) is 0 Å². The molecule has 1 unspecified atom stereocenters. The Hall–Kier alpha value is -0.320. The van der Waals surface area contributed by atoms with Gasteiger partial charge in [0.25, 0.3) is 0 Å². The molecule has 1 aromatic rings. The third-order valence-corrected chi connectivity index (χ3v) is 5.06. The number of hydrazine groups is 1. The van der Waals surface area contributed by atoms with Crippen LogP contribution in [0.25, 0.3) is 0 Å². The summed E-state index contributed by atoms with van der Waals surface area (Å²) >= 11 is 12.1. The van der Waals surface area contributed by atoms with E-state index >= 15 is 0 Å². The summed E-state index contributed by atoms with van der Waals surface area (Å²) in [7, 11) is 0. The summed E-state index contributed by atoms with van der Waals surface area (Å²) < 4.78 is 0. The number of nitrogens with one attached hydrogen (secondary N) is 1. The van der Waals surface area contributed by atoms with Gasteiger partial charge in [-0.2, -0.15) is 0 Å². The van der Waals surface area contributed by atoms with Crippen molar-refractivity contribution in [2.24, 2.45) is 5.84 Å². The Morgan fingerprint density at radius 2 is 1.80 bits per heavy atom. The maximum Gasteiger partial charge on any atom is 0.0639 e. The summed E-state index contributed by atoms with van der Waals surface area (Å²) in [5, 5.41) is 1.14. The molecule has 0 amide bonds. The minimum Gasteiger partial charge on any atom is -0.296 e. The Morgan fingerprint density at radius 1 is 1.15 bits per heavy atom. The lowest BCUT2D eigenvalue weighted by atomic mass is 9.86. The molecule has 1 fully saturated rings. The van der Waals surface area contributed by atoms with E-state index in [2.05, 4.69) is 24.2 Å². The molecule has 0 bridgehead atoms. The molecule has 20 heavy (non-hydrogen) atoms. The van der Waals surface area contributed by atoms with Gasteiger partial charge in [-0.25, -0.2) is 0 Å². The Balaban J connectivity index is 2.27. The van der Waals surface area contributed by atoms with Gasteiger partial charge >= 0.3 is 0 Å². The van der Waals surface area contributed by atoms with Crippen molar-refractivity contribution in [1.82, 2.24) is 10.3 Å². The SMILES string of the molecule is CC(C)(C(NN)c1ccc(Cl)c(Cl)c1)N1CCCCC1. The fourth-order valence-electron chi connectivity index (χ4n) is 3.05. The molecule has 1 aliphatic heterocycles. The van der Waals surface area contributed by atoms with E-state index < -0.39 is 0 Å². The lowest BCUT2D eigenvalue weighted by Gasteiger charge is -2.46. The molecule has 1 heterocycles. The Morgan fingerprint density at radius 3 is 2.35 bits per heavy atom. The van der Waals surface area contributed by atoms with E-state index in [1.807, 2.05) is 18.2 Å². The van der Waals surface area contributed by atoms with E-state index in [-0.39, 0.29) is 11.6 Å². The molecule has 0 spiro atoms. The number of piperidine rings is 1. The summed E-state index contributed by atoms with van der Waals surface area (Å²) in [5.41, 5.74) is 3.95. The molecule has 0 radical (unpaired) electrons. The molecular formula is C15H23Cl2N3. The first-order valence-corrected chi connectivity index (χ1v) is 7.88. The topological polar surface area (TPSA) is 41.3 Å². The van der Waals surface area contributed by atoms with E-state index in [9.17, 15) is 0 Å². The van der Waals surface area contributed by atoms with Crippen LogP contribution in [0.4, 0.5) is 0 Å². The number of nitrogens with zero attached hydrogens (tertiary/aromatic N) is 1. The smallest absolute Gasteiger partial charge is 0.0639 e. The van der Waals surface area contributed by atoms with Gasteiger partial charge in [0.05, 0.1) is 16.1 Å². The first-order valence-electron chi connectivity index (χ1n) is 7.13. The lowest BCUT2D eigenvalue weighted by Crippen LogP contribution is -2.55. The first-order chi connectivity index (χ1) is 9.46. The second-order valence-corrected chi connectivity index (χ2v) is 6.79. The lowest BCUT2D eigenvalue weighted by molar-refractivity contribution is 0.0608. The van der Waals surface area contributed by atoms with Gasteiger partial charge in [0, 0.05) is 5.54 Å². The summed E-state index contributed by atoms with van der Waals surface area (Å²) in [4.78, 5) is 2.50. The third kappa shape index (κ3) is 3.29. The number of benzene rings is 1. The predicted molar refractivity (Wildman–Crippen MR) is 86.0 cm³/mol. The molecule has 112 valence electrons. The molecule has 0 saturated carbocycles. The van der Waals surface area contributed by atoms with Crippen molar-refractivity contribution >= 4 is 23.2 Å². The number of halogens is 2. The number of rotatable bonds is 4. The predicted octanol–water partition coefficient (Wildman–Crippen LogP) is 3.76. The molecule has 1 aliphatic rings. The van der Waals surface area contributed by atoms with Crippen LogP contribution < -0.4 is 11.3 Å².